The molecule has 1 aromatic carbocycles. The van der Waals surface area contributed by atoms with Crippen LogP contribution in [0.3, 0.4) is 0 Å². The van der Waals surface area contributed by atoms with Crippen LogP contribution in [-0.4, -0.2) is 49.2 Å². The van der Waals surface area contributed by atoms with Crippen LogP contribution in [0.2, 0.25) is 0 Å². The van der Waals surface area contributed by atoms with Crippen LogP contribution >= 0.6 is 0 Å². The molecule has 0 unspecified atom stereocenters. The molecule has 8 nitrogen and oxygen atoms in total. The van der Waals surface area contributed by atoms with E-state index in [2.05, 4.69) is 31.2 Å². The summed E-state index contributed by atoms with van der Waals surface area (Å²) in [7, 11) is 4.96. The number of likely N-dealkylation sites (N-methyl/N-ethyl adjacent to an activating group) is 1. The molecule has 4 N–H and O–H groups in total. The summed E-state index contributed by atoms with van der Waals surface area (Å²) in [6, 6.07) is 4.51. The molecule has 2 aromatic rings. The number of nitrogens with zero attached hydrogens (tertiary/aromatic N) is 2. The van der Waals surface area contributed by atoms with E-state index in [-0.39, 0.29) is 23.7 Å². The van der Waals surface area contributed by atoms with E-state index in [0.29, 0.717) is 17.5 Å². The molecular formula is C21H27FN6O2. The van der Waals surface area contributed by atoms with Crippen molar-refractivity contribution in [2.24, 2.45) is 0 Å². The molecule has 0 bridgehead atoms. The van der Waals surface area contributed by atoms with Crippen molar-refractivity contribution in [3.8, 4) is 5.75 Å². The smallest absolute Gasteiger partial charge is 0.237 e. The second-order valence-corrected chi connectivity index (χ2v) is 7.15. The molecule has 1 aromatic heterocycles. The molecule has 0 spiro atoms. The fourth-order valence-electron chi connectivity index (χ4n) is 3.10. The highest BCUT2D eigenvalue weighted by Gasteiger charge is 2.26. The normalized spacial score (nSPS) is 16.3. The minimum atomic E-state index is -0.464. The third-order valence-electron chi connectivity index (χ3n) is 5.01. The molecule has 3 rings (SSSR count). The second-order valence-electron chi connectivity index (χ2n) is 7.15. The zero-order valence-electron chi connectivity index (χ0n) is 17.5. The third-order valence-corrected chi connectivity index (χ3v) is 5.01. The van der Waals surface area contributed by atoms with Gasteiger partial charge in [-0.05, 0) is 38.9 Å². The lowest BCUT2D eigenvalue weighted by atomic mass is 9.85. The summed E-state index contributed by atoms with van der Waals surface area (Å²) < 4.78 is 18.8. The maximum Gasteiger partial charge on any atom is 0.237 e. The maximum atomic E-state index is 13.9. The number of ether oxygens (including phenoxy) is 1. The van der Waals surface area contributed by atoms with Gasteiger partial charge in [0.2, 0.25) is 11.9 Å². The molecule has 1 atom stereocenters. The number of halogens is 1. The summed E-state index contributed by atoms with van der Waals surface area (Å²) in [5.74, 6) is 0.727. The van der Waals surface area contributed by atoms with Crippen molar-refractivity contribution in [1.82, 2.24) is 20.6 Å². The zero-order valence-corrected chi connectivity index (χ0v) is 17.5. The Labute approximate surface area is 175 Å². The van der Waals surface area contributed by atoms with Crippen molar-refractivity contribution < 1.29 is 13.9 Å². The average Bonchev–Trinajstić information content (AvgIpc) is 2.72. The summed E-state index contributed by atoms with van der Waals surface area (Å²) in [4.78, 5) is 20.7. The molecule has 1 aliphatic carbocycles. The van der Waals surface area contributed by atoms with Gasteiger partial charge in [-0.1, -0.05) is 11.6 Å². The monoisotopic (exact) mass is 414 g/mol. The third kappa shape index (κ3) is 5.04. The lowest BCUT2D eigenvalue weighted by molar-refractivity contribution is -0.123. The Balaban J connectivity index is 1.64. The molecule has 1 fully saturated rings. The predicted molar refractivity (Wildman–Crippen MR) is 115 cm³/mol. The fraction of sp³-hybridized carbons (Fsp3) is 0.381. The van der Waals surface area contributed by atoms with Crippen molar-refractivity contribution in [3.05, 3.63) is 41.3 Å². The van der Waals surface area contributed by atoms with E-state index >= 15 is 0 Å². The first kappa shape index (κ1) is 21.5. The van der Waals surface area contributed by atoms with E-state index < -0.39 is 5.82 Å². The topological polar surface area (TPSA) is 100 Å². The van der Waals surface area contributed by atoms with Crippen molar-refractivity contribution in [1.29, 1.82) is 0 Å². The highest BCUT2D eigenvalue weighted by molar-refractivity contribution is 5.82. The molecule has 0 radical (unpaired) electrons. The lowest BCUT2D eigenvalue weighted by Gasteiger charge is -2.31. The van der Waals surface area contributed by atoms with Crippen LogP contribution in [0.1, 0.15) is 25.3 Å². The Hall–Kier alpha value is -3.20. The predicted octanol–water partition coefficient (Wildman–Crippen LogP) is 2.68. The van der Waals surface area contributed by atoms with Crippen LogP contribution in [-0.2, 0) is 4.79 Å². The molecular weight excluding hydrogens is 387 g/mol. The number of carbonyl (C=O) groups is 1. The minimum Gasteiger partial charge on any atom is -0.494 e. The maximum absolute atomic E-state index is 13.9. The summed E-state index contributed by atoms with van der Waals surface area (Å²) in [5.41, 5.74) is 2.60. The molecule has 9 heteroatoms. The van der Waals surface area contributed by atoms with Crippen molar-refractivity contribution >= 4 is 29.4 Å². The van der Waals surface area contributed by atoms with Gasteiger partial charge in [0, 0.05) is 36.6 Å². The number of anilines is 3. The zero-order chi connectivity index (χ0) is 21.7. The van der Waals surface area contributed by atoms with Crippen LogP contribution < -0.4 is 26.0 Å². The molecule has 1 heterocycles. The average molecular weight is 414 g/mol. The van der Waals surface area contributed by atoms with Crippen LogP contribution in [0, 0.1) is 5.82 Å². The van der Waals surface area contributed by atoms with Crippen LogP contribution in [0.4, 0.5) is 21.8 Å². The summed E-state index contributed by atoms with van der Waals surface area (Å²) >= 11 is 0. The lowest BCUT2D eigenvalue weighted by Crippen LogP contribution is -2.48. The van der Waals surface area contributed by atoms with Gasteiger partial charge >= 0.3 is 0 Å². The number of aromatic nitrogens is 2. The number of nitrogens with one attached hydrogen (secondary N) is 4. The molecule has 0 aliphatic heterocycles. The number of methoxy groups -OCH3 is 1. The van der Waals surface area contributed by atoms with Gasteiger partial charge in [0.05, 0.1) is 13.2 Å². The van der Waals surface area contributed by atoms with E-state index in [1.807, 2.05) is 13.0 Å². The summed E-state index contributed by atoms with van der Waals surface area (Å²) in [6.45, 7) is 1.83. The fourth-order valence-corrected chi connectivity index (χ4v) is 3.10. The second kappa shape index (κ2) is 9.53. The molecule has 1 aliphatic rings. The Bertz CT molecular complexity index is 941. The number of hydrogen-bond acceptors (Lipinski definition) is 7. The van der Waals surface area contributed by atoms with E-state index in [0.717, 1.165) is 18.4 Å². The van der Waals surface area contributed by atoms with Crippen LogP contribution in [0.25, 0.3) is 6.08 Å². The van der Waals surface area contributed by atoms with Gasteiger partial charge in [0.15, 0.2) is 11.6 Å². The number of carbonyl (C=O) groups excluding carboxylic acids is 1. The van der Waals surface area contributed by atoms with Gasteiger partial charge in [-0.2, -0.15) is 4.98 Å². The summed E-state index contributed by atoms with van der Waals surface area (Å²) in [5, 5.41) is 12.0. The van der Waals surface area contributed by atoms with Gasteiger partial charge < -0.3 is 26.0 Å². The van der Waals surface area contributed by atoms with Gasteiger partial charge in [-0.25, -0.2) is 9.37 Å². The van der Waals surface area contributed by atoms with Gasteiger partial charge in [-0.3, -0.25) is 4.79 Å². The van der Waals surface area contributed by atoms with Crippen molar-refractivity contribution in [2.75, 3.05) is 31.8 Å². The van der Waals surface area contributed by atoms with E-state index in [9.17, 15) is 9.18 Å². The number of rotatable bonds is 8. The van der Waals surface area contributed by atoms with Crippen LogP contribution in [0.5, 0.6) is 5.75 Å². The Kier molecular flexibility index (Phi) is 6.83. The van der Waals surface area contributed by atoms with E-state index in [1.165, 1.54) is 18.7 Å². The molecule has 30 heavy (non-hydrogen) atoms. The summed E-state index contributed by atoms with van der Waals surface area (Å²) in [6.07, 6.45) is 5.35. The van der Waals surface area contributed by atoms with Gasteiger partial charge in [0.1, 0.15) is 5.82 Å². The number of benzene rings is 1. The molecule has 160 valence electrons. The highest BCUT2D eigenvalue weighted by atomic mass is 19.1. The first-order valence-electron chi connectivity index (χ1n) is 9.76. The van der Waals surface area contributed by atoms with Gasteiger partial charge in [-0.15, -0.1) is 0 Å². The SMILES string of the molecule is CNc1nc(Nc2ccc(OC)c(F)c2)ncc1C=C1CC(NC(=O)[C@H](C)NC)C1. The molecule has 1 amide bonds. The Morgan fingerprint density at radius 1 is 1.33 bits per heavy atom. The number of hydrogen-bond donors (Lipinski definition) is 4. The number of amides is 1. The van der Waals surface area contributed by atoms with E-state index in [1.54, 1.807) is 32.4 Å². The standard InChI is InChI=1S/C21H27FN6O2/c1-12(23-2)20(29)26-16-8-13(9-16)7-14-11-25-21(28-19(14)24-3)27-15-5-6-18(30-4)17(22)10-15/h5-7,10-12,16,23H,8-9H2,1-4H3,(H,26,29)(H2,24,25,27,28)/t12-,16?/m0/s1. The van der Waals surface area contributed by atoms with Crippen molar-refractivity contribution in [2.45, 2.75) is 31.8 Å². The minimum absolute atomic E-state index is 0.00573. The van der Waals surface area contributed by atoms with Crippen LogP contribution in [0.15, 0.2) is 30.0 Å². The molecule has 1 saturated carbocycles. The quantitative estimate of drug-likeness (QED) is 0.527. The highest BCUT2D eigenvalue weighted by Crippen LogP contribution is 2.30. The Morgan fingerprint density at radius 2 is 2.10 bits per heavy atom. The first-order chi connectivity index (χ1) is 14.4. The Morgan fingerprint density at radius 3 is 2.73 bits per heavy atom. The van der Waals surface area contributed by atoms with Gasteiger partial charge in [0.25, 0.3) is 0 Å². The van der Waals surface area contributed by atoms with Crippen molar-refractivity contribution in [3.63, 3.8) is 0 Å². The first-order valence-corrected chi connectivity index (χ1v) is 9.76. The van der Waals surface area contributed by atoms with E-state index in [4.69, 9.17) is 4.74 Å². The largest absolute Gasteiger partial charge is 0.494 e. The molecule has 0 saturated heterocycles.